The highest BCUT2D eigenvalue weighted by Gasteiger charge is 1.96. The fraction of sp³-hybridized carbons (Fsp3) is 0.375. The predicted octanol–water partition coefficient (Wildman–Crippen LogP) is 3.34. The van der Waals surface area contributed by atoms with Crippen molar-refractivity contribution in [3.8, 4) is 11.8 Å². The molecule has 0 saturated heterocycles. The van der Waals surface area contributed by atoms with Crippen LogP contribution in [0.15, 0.2) is 43.0 Å². The summed E-state index contributed by atoms with van der Waals surface area (Å²) in [6.07, 6.45) is 5.79. The zero-order chi connectivity index (χ0) is 12.3. The smallest absolute Gasteiger partial charge is 0.114 e. The third-order valence-electron chi connectivity index (χ3n) is 2.54. The Bertz CT molecular complexity index is 370. The molecule has 90 valence electrons. The van der Waals surface area contributed by atoms with Crippen LogP contribution in [0.2, 0.25) is 0 Å². The Morgan fingerprint density at radius 3 is 2.76 bits per heavy atom. The zero-order valence-electron chi connectivity index (χ0n) is 10.2. The molecule has 1 atom stereocenters. The van der Waals surface area contributed by atoms with Gasteiger partial charge in [0, 0.05) is 6.42 Å². The lowest BCUT2D eigenvalue weighted by Crippen LogP contribution is -2.01. The topological polar surface area (TPSA) is 20.2 Å². The second-order valence-electron chi connectivity index (χ2n) is 4.04. The van der Waals surface area contributed by atoms with Crippen molar-refractivity contribution >= 4 is 0 Å². The van der Waals surface area contributed by atoms with E-state index < -0.39 is 6.10 Å². The van der Waals surface area contributed by atoms with Crippen LogP contribution in [-0.2, 0) is 6.42 Å². The average Bonchev–Trinajstić information content (AvgIpc) is 2.36. The molecule has 1 N–H and O–H groups in total. The summed E-state index contributed by atoms with van der Waals surface area (Å²) in [7, 11) is 0. The van der Waals surface area contributed by atoms with Crippen molar-refractivity contribution in [1.82, 2.24) is 0 Å². The maximum absolute atomic E-state index is 9.57. The molecule has 1 rings (SSSR count). The van der Waals surface area contributed by atoms with Gasteiger partial charge in [-0.2, -0.15) is 0 Å². The summed E-state index contributed by atoms with van der Waals surface area (Å²) < 4.78 is 0. The average molecular weight is 228 g/mol. The van der Waals surface area contributed by atoms with Crippen molar-refractivity contribution in [2.45, 2.75) is 38.2 Å². The number of aliphatic hydroxyl groups excluding tert-OH is 1. The van der Waals surface area contributed by atoms with Gasteiger partial charge in [-0.1, -0.05) is 42.3 Å². The van der Waals surface area contributed by atoms with Crippen LogP contribution in [0.25, 0.3) is 0 Å². The summed E-state index contributed by atoms with van der Waals surface area (Å²) in [5.41, 5.74) is 1.29. The fourth-order valence-electron chi connectivity index (χ4n) is 1.57. The van der Waals surface area contributed by atoms with Crippen LogP contribution in [0.3, 0.4) is 0 Å². The Labute approximate surface area is 104 Å². The minimum Gasteiger partial charge on any atom is -0.380 e. The van der Waals surface area contributed by atoms with Gasteiger partial charge in [0.1, 0.15) is 6.10 Å². The third kappa shape index (κ3) is 6.60. The molecule has 0 saturated carbocycles. The van der Waals surface area contributed by atoms with Gasteiger partial charge >= 0.3 is 0 Å². The number of rotatable bonds is 6. The molecular formula is C16H20O. The first-order valence-corrected chi connectivity index (χ1v) is 6.14. The maximum Gasteiger partial charge on any atom is 0.114 e. The van der Waals surface area contributed by atoms with Crippen LogP contribution in [0.5, 0.6) is 0 Å². The molecule has 0 amide bonds. The predicted molar refractivity (Wildman–Crippen MR) is 72.6 cm³/mol. The number of unbranched alkanes of at least 4 members (excludes halogenated alkanes) is 1. The van der Waals surface area contributed by atoms with Gasteiger partial charge in [0.2, 0.25) is 0 Å². The summed E-state index contributed by atoms with van der Waals surface area (Å²) in [6.45, 7) is 3.65. The van der Waals surface area contributed by atoms with Crippen LogP contribution in [0.4, 0.5) is 0 Å². The maximum atomic E-state index is 9.57. The van der Waals surface area contributed by atoms with E-state index in [2.05, 4.69) is 30.6 Å². The van der Waals surface area contributed by atoms with Crippen LogP contribution in [0, 0.1) is 11.8 Å². The zero-order valence-corrected chi connectivity index (χ0v) is 10.2. The minimum absolute atomic E-state index is 0.481. The van der Waals surface area contributed by atoms with Gasteiger partial charge in [0.05, 0.1) is 0 Å². The van der Waals surface area contributed by atoms with Crippen molar-refractivity contribution in [3.05, 3.63) is 48.6 Å². The number of hydrogen-bond acceptors (Lipinski definition) is 1. The van der Waals surface area contributed by atoms with Crippen LogP contribution in [-0.4, -0.2) is 11.2 Å². The molecule has 0 fully saturated rings. The monoisotopic (exact) mass is 228 g/mol. The summed E-state index contributed by atoms with van der Waals surface area (Å²) in [6, 6.07) is 10.3. The highest BCUT2D eigenvalue weighted by Crippen LogP contribution is 2.02. The molecule has 0 spiro atoms. The molecule has 1 nitrogen and oxygen atoms in total. The van der Waals surface area contributed by atoms with Gasteiger partial charge in [0.15, 0.2) is 0 Å². The SMILES string of the molecule is C=CCCC[C@H](O)C#CCCc1ccccc1. The van der Waals surface area contributed by atoms with E-state index >= 15 is 0 Å². The molecule has 0 aromatic heterocycles. The molecular weight excluding hydrogens is 208 g/mol. The number of aryl methyl sites for hydroxylation is 1. The van der Waals surface area contributed by atoms with E-state index in [4.69, 9.17) is 0 Å². The molecule has 0 aliphatic rings. The van der Waals surface area contributed by atoms with Gasteiger partial charge in [-0.15, -0.1) is 12.5 Å². The lowest BCUT2D eigenvalue weighted by Gasteiger charge is -2.00. The minimum atomic E-state index is -0.481. The summed E-state index contributed by atoms with van der Waals surface area (Å²) in [5.74, 6) is 5.92. The van der Waals surface area contributed by atoms with Crippen molar-refractivity contribution in [2.75, 3.05) is 0 Å². The van der Waals surface area contributed by atoms with Gasteiger partial charge in [-0.05, 0) is 31.2 Å². The van der Waals surface area contributed by atoms with E-state index in [-0.39, 0.29) is 0 Å². The number of allylic oxidation sites excluding steroid dienone is 1. The molecule has 0 heterocycles. The highest BCUT2D eigenvalue weighted by molar-refractivity contribution is 5.16. The second-order valence-corrected chi connectivity index (χ2v) is 4.04. The number of benzene rings is 1. The van der Waals surface area contributed by atoms with Crippen LogP contribution >= 0.6 is 0 Å². The van der Waals surface area contributed by atoms with Crippen molar-refractivity contribution < 1.29 is 5.11 Å². The Morgan fingerprint density at radius 1 is 1.29 bits per heavy atom. The molecule has 0 unspecified atom stereocenters. The first-order valence-electron chi connectivity index (χ1n) is 6.14. The molecule has 1 heteroatoms. The van der Waals surface area contributed by atoms with Gasteiger partial charge in [0.25, 0.3) is 0 Å². The third-order valence-corrected chi connectivity index (χ3v) is 2.54. The van der Waals surface area contributed by atoms with E-state index in [0.717, 1.165) is 32.1 Å². The lowest BCUT2D eigenvalue weighted by molar-refractivity contribution is 0.219. The first-order chi connectivity index (χ1) is 8.33. The quantitative estimate of drug-likeness (QED) is 0.450. The fourth-order valence-corrected chi connectivity index (χ4v) is 1.57. The van der Waals surface area contributed by atoms with Crippen molar-refractivity contribution in [3.63, 3.8) is 0 Å². The molecule has 1 aromatic rings. The number of hydrogen-bond donors (Lipinski definition) is 1. The Balaban J connectivity index is 2.19. The van der Waals surface area contributed by atoms with Crippen LogP contribution < -0.4 is 0 Å². The molecule has 17 heavy (non-hydrogen) atoms. The van der Waals surface area contributed by atoms with Crippen molar-refractivity contribution in [1.29, 1.82) is 0 Å². The van der Waals surface area contributed by atoms with E-state index in [0.29, 0.717) is 0 Å². The molecule has 0 aliphatic carbocycles. The van der Waals surface area contributed by atoms with E-state index in [1.165, 1.54) is 5.56 Å². The first kappa shape index (κ1) is 13.5. The Hall–Kier alpha value is -1.52. The summed E-state index contributed by atoms with van der Waals surface area (Å²) in [5, 5.41) is 9.57. The van der Waals surface area contributed by atoms with E-state index in [1.54, 1.807) is 0 Å². The molecule has 1 aromatic carbocycles. The summed E-state index contributed by atoms with van der Waals surface area (Å²) in [4.78, 5) is 0. The highest BCUT2D eigenvalue weighted by atomic mass is 16.3. The van der Waals surface area contributed by atoms with Gasteiger partial charge in [-0.3, -0.25) is 0 Å². The van der Waals surface area contributed by atoms with E-state index in [9.17, 15) is 5.11 Å². The standard InChI is InChI=1S/C16H20O/c1-2-3-5-13-16(17)14-9-8-12-15-10-6-4-7-11-15/h2,4,6-7,10-11,16-17H,1,3,5,8,12-13H2/t16-/m0/s1. The Morgan fingerprint density at radius 2 is 2.06 bits per heavy atom. The lowest BCUT2D eigenvalue weighted by atomic mass is 10.1. The number of aliphatic hydroxyl groups is 1. The second kappa shape index (κ2) is 8.61. The van der Waals surface area contributed by atoms with Gasteiger partial charge in [-0.25, -0.2) is 0 Å². The molecule has 0 aliphatic heterocycles. The normalized spacial score (nSPS) is 11.4. The van der Waals surface area contributed by atoms with Gasteiger partial charge < -0.3 is 5.11 Å². The van der Waals surface area contributed by atoms with Crippen LogP contribution in [0.1, 0.15) is 31.2 Å². The van der Waals surface area contributed by atoms with Crippen molar-refractivity contribution in [2.24, 2.45) is 0 Å². The summed E-state index contributed by atoms with van der Waals surface area (Å²) >= 11 is 0. The Kier molecular flexibility index (Phi) is 6.86. The van der Waals surface area contributed by atoms with E-state index in [1.807, 2.05) is 24.3 Å². The molecule has 0 bridgehead atoms. The largest absolute Gasteiger partial charge is 0.380 e. The molecule has 0 radical (unpaired) electrons.